The van der Waals surface area contributed by atoms with Gasteiger partial charge >= 0.3 is 11.9 Å². The topological polar surface area (TPSA) is 111 Å². The quantitative estimate of drug-likeness (QED) is 0.0426. The molecule has 0 aromatic heterocycles. The minimum Gasteiger partial charge on any atom is -0.756 e. The molecule has 0 saturated heterocycles. The van der Waals surface area contributed by atoms with Gasteiger partial charge in [0.2, 0.25) is 0 Å². The third-order valence-electron chi connectivity index (χ3n) is 6.63. The molecule has 0 aliphatic rings. The zero-order valence-electron chi connectivity index (χ0n) is 26.3. The van der Waals surface area contributed by atoms with Crippen LogP contribution in [0.15, 0.2) is 0 Å². The highest BCUT2D eigenvalue weighted by molar-refractivity contribution is 7.45. The summed E-state index contributed by atoms with van der Waals surface area (Å²) in [6, 6.07) is 0. The van der Waals surface area contributed by atoms with Crippen LogP contribution in [0.5, 0.6) is 0 Å². The molecule has 0 amide bonds. The van der Waals surface area contributed by atoms with Crippen LogP contribution in [0.3, 0.4) is 0 Å². The molecule has 10 heteroatoms. The summed E-state index contributed by atoms with van der Waals surface area (Å²) in [5.74, 6) is -0.860. The molecule has 40 heavy (non-hydrogen) atoms. The van der Waals surface area contributed by atoms with Crippen molar-refractivity contribution >= 4 is 19.8 Å². The van der Waals surface area contributed by atoms with Gasteiger partial charge in [-0.05, 0) is 12.8 Å². The summed E-state index contributed by atoms with van der Waals surface area (Å²) in [4.78, 5) is 36.6. The number of ether oxygens (including phenoxy) is 2. The summed E-state index contributed by atoms with van der Waals surface area (Å²) in [7, 11) is 1.17. The average molecular weight is 594 g/mol. The van der Waals surface area contributed by atoms with Gasteiger partial charge < -0.3 is 27.9 Å². The van der Waals surface area contributed by atoms with Crippen LogP contribution in [0.25, 0.3) is 0 Å². The van der Waals surface area contributed by atoms with Gasteiger partial charge in [-0.2, -0.15) is 0 Å². The molecular formula is C30H60NO8P. The molecule has 9 nitrogen and oxygen atoms in total. The van der Waals surface area contributed by atoms with Crippen molar-refractivity contribution in [1.82, 2.24) is 0 Å². The SMILES string of the molecule is CCCCCCCCCCCCCCCC(=O)OCC(COP(=O)([O-])OCC[N+](C)(C)C)OC(=O)CCCCC. The highest BCUT2D eigenvalue weighted by atomic mass is 31.2. The Balaban J connectivity index is 4.27. The maximum absolute atomic E-state index is 12.2. The Kier molecular flexibility index (Phi) is 24.0. The summed E-state index contributed by atoms with van der Waals surface area (Å²) in [6.07, 6.45) is 17.9. The first kappa shape index (κ1) is 39.0. The third kappa shape index (κ3) is 27.2. The fourth-order valence-corrected chi connectivity index (χ4v) is 4.79. The fraction of sp³-hybridized carbons (Fsp3) is 0.933. The van der Waals surface area contributed by atoms with Gasteiger partial charge in [-0.15, -0.1) is 0 Å². The lowest BCUT2D eigenvalue weighted by atomic mass is 10.0. The minimum atomic E-state index is -4.59. The number of carbonyl (C=O) groups excluding carboxylic acids is 2. The van der Waals surface area contributed by atoms with E-state index in [-0.39, 0.29) is 32.0 Å². The van der Waals surface area contributed by atoms with Gasteiger partial charge in [-0.3, -0.25) is 14.2 Å². The molecule has 0 radical (unpaired) electrons. The number of quaternary nitrogens is 1. The number of nitrogens with zero attached hydrogens (tertiary/aromatic N) is 1. The molecule has 0 aromatic carbocycles. The summed E-state index contributed by atoms with van der Waals surface area (Å²) in [5.41, 5.74) is 0. The molecule has 0 aliphatic carbocycles. The third-order valence-corrected chi connectivity index (χ3v) is 7.59. The Labute approximate surface area is 244 Å². The van der Waals surface area contributed by atoms with Crippen LogP contribution >= 0.6 is 7.82 Å². The summed E-state index contributed by atoms with van der Waals surface area (Å²) in [6.45, 7) is 4.01. The van der Waals surface area contributed by atoms with Crippen molar-refractivity contribution in [3.63, 3.8) is 0 Å². The fourth-order valence-electron chi connectivity index (χ4n) is 4.06. The normalized spacial score (nSPS) is 14.1. The van der Waals surface area contributed by atoms with Crippen LogP contribution in [0, 0.1) is 0 Å². The Hall–Kier alpha value is -0.990. The average Bonchev–Trinajstić information content (AvgIpc) is 2.87. The lowest BCUT2D eigenvalue weighted by molar-refractivity contribution is -0.870. The number of likely N-dealkylation sites (N-methyl/N-ethyl adjacent to an activating group) is 1. The van der Waals surface area contributed by atoms with Crippen LogP contribution in [-0.4, -0.2) is 70.0 Å². The molecule has 0 fully saturated rings. The molecule has 0 bridgehead atoms. The Morgan fingerprint density at radius 1 is 0.675 bits per heavy atom. The molecule has 0 aromatic rings. The van der Waals surface area contributed by atoms with E-state index in [0.29, 0.717) is 17.4 Å². The van der Waals surface area contributed by atoms with Crippen LogP contribution in [0.2, 0.25) is 0 Å². The second-order valence-electron chi connectivity index (χ2n) is 11.8. The van der Waals surface area contributed by atoms with E-state index < -0.39 is 26.5 Å². The number of phosphoric acid groups is 1. The Bertz CT molecular complexity index is 683. The van der Waals surface area contributed by atoms with Gasteiger partial charge in [0.05, 0.1) is 27.7 Å². The van der Waals surface area contributed by atoms with Crippen LogP contribution in [-0.2, 0) is 32.7 Å². The van der Waals surface area contributed by atoms with Gasteiger partial charge in [-0.25, -0.2) is 0 Å². The maximum atomic E-state index is 12.2. The summed E-state index contributed by atoms with van der Waals surface area (Å²) >= 11 is 0. The van der Waals surface area contributed by atoms with E-state index in [9.17, 15) is 19.0 Å². The number of hydrogen-bond acceptors (Lipinski definition) is 8. The lowest BCUT2D eigenvalue weighted by Crippen LogP contribution is -2.37. The van der Waals surface area contributed by atoms with Gasteiger partial charge in [0.1, 0.15) is 19.8 Å². The molecule has 0 heterocycles. The van der Waals surface area contributed by atoms with Crippen LogP contribution in [0.4, 0.5) is 0 Å². The molecule has 0 rings (SSSR count). The van der Waals surface area contributed by atoms with Crippen molar-refractivity contribution in [1.29, 1.82) is 0 Å². The maximum Gasteiger partial charge on any atom is 0.306 e. The second kappa shape index (κ2) is 24.6. The van der Waals surface area contributed by atoms with Gasteiger partial charge in [-0.1, -0.05) is 104 Å². The minimum absolute atomic E-state index is 0.0279. The van der Waals surface area contributed by atoms with E-state index in [2.05, 4.69) is 6.92 Å². The number of phosphoric ester groups is 1. The van der Waals surface area contributed by atoms with E-state index >= 15 is 0 Å². The van der Waals surface area contributed by atoms with E-state index in [1.165, 1.54) is 64.2 Å². The van der Waals surface area contributed by atoms with Crippen molar-refractivity contribution in [2.45, 2.75) is 136 Å². The van der Waals surface area contributed by atoms with Gasteiger partial charge in [0.15, 0.2) is 6.10 Å². The van der Waals surface area contributed by atoms with E-state index in [1.54, 1.807) is 0 Å². The van der Waals surface area contributed by atoms with E-state index in [4.69, 9.17) is 18.5 Å². The standard InChI is InChI=1S/C30H60NO8P/c1-6-8-10-11-12-13-14-15-16-17-18-19-21-22-29(32)36-26-28(39-30(33)23-20-9-7-2)27-38-40(34,35)37-25-24-31(3,4)5/h28H,6-27H2,1-5H3. The van der Waals surface area contributed by atoms with E-state index in [0.717, 1.165) is 32.1 Å². The van der Waals surface area contributed by atoms with E-state index in [1.807, 2.05) is 28.1 Å². The summed E-state index contributed by atoms with van der Waals surface area (Å²) < 4.78 is 33.2. The Morgan fingerprint density at radius 2 is 1.12 bits per heavy atom. The molecule has 0 N–H and O–H groups in total. The smallest absolute Gasteiger partial charge is 0.306 e. The first-order valence-electron chi connectivity index (χ1n) is 15.7. The van der Waals surface area contributed by atoms with Crippen molar-refractivity contribution in [3.8, 4) is 0 Å². The highest BCUT2D eigenvalue weighted by Gasteiger charge is 2.21. The van der Waals surface area contributed by atoms with Crippen molar-refractivity contribution in [2.75, 3.05) is 47.5 Å². The number of rotatable bonds is 28. The molecular weight excluding hydrogens is 533 g/mol. The molecule has 0 spiro atoms. The summed E-state index contributed by atoms with van der Waals surface area (Å²) in [5, 5.41) is 0. The predicted octanol–water partition coefficient (Wildman–Crippen LogP) is 6.71. The number of carbonyl (C=O) groups is 2. The molecule has 2 unspecified atom stereocenters. The van der Waals surface area contributed by atoms with Crippen molar-refractivity contribution < 1.29 is 42.1 Å². The number of unbranched alkanes of at least 4 members (excludes halogenated alkanes) is 14. The monoisotopic (exact) mass is 593 g/mol. The number of hydrogen-bond donors (Lipinski definition) is 0. The second-order valence-corrected chi connectivity index (χ2v) is 13.2. The zero-order valence-corrected chi connectivity index (χ0v) is 27.2. The molecule has 0 saturated carbocycles. The van der Waals surface area contributed by atoms with Crippen LogP contribution < -0.4 is 4.89 Å². The van der Waals surface area contributed by atoms with Crippen molar-refractivity contribution in [3.05, 3.63) is 0 Å². The predicted molar refractivity (Wildman–Crippen MR) is 158 cm³/mol. The molecule has 0 aliphatic heterocycles. The first-order chi connectivity index (χ1) is 19.0. The van der Waals surface area contributed by atoms with Gasteiger partial charge in [0, 0.05) is 12.8 Å². The van der Waals surface area contributed by atoms with Crippen molar-refractivity contribution in [2.24, 2.45) is 0 Å². The molecule has 238 valence electrons. The number of esters is 2. The Morgan fingerprint density at radius 3 is 1.65 bits per heavy atom. The largest absolute Gasteiger partial charge is 0.756 e. The highest BCUT2D eigenvalue weighted by Crippen LogP contribution is 2.38. The lowest BCUT2D eigenvalue weighted by Gasteiger charge is -2.28. The zero-order chi connectivity index (χ0) is 30.1. The first-order valence-corrected chi connectivity index (χ1v) is 17.2. The molecule has 2 atom stereocenters. The van der Waals surface area contributed by atoms with Crippen LogP contribution in [0.1, 0.15) is 129 Å². The van der Waals surface area contributed by atoms with Gasteiger partial charge in [0.25, 0.3) is 7.82 Å².